The predicted molar refractivity (Wildman–Crippen MR) is 107 cm³/mol. The fourth-order valence-corrected chi connectivity index (χ4v) is 3.66. The quantitative estimate of drug-likeness (QED) is 0.656. The van der Waals surface area contributed by atoms with Gasteiger partial charge in [-0.1, -0.05) is 35.3 Å². The smallest absolute Gasteiger partial charge is 0.227 e. The highest BCUT2D eigenvalue weighted by atomic mass is 35.5. The lowest BCUT2D eigenvalue weighted by molar-refractivity contribution is -0.141. The lowest BCUT2D eigenvalue weighted by Crippen LogP contribution is -2.47. The fourth-order valence-electron chi connectivity index (χ4n) is 3.15. The average Bonchev–Trinajstić information content (AvgIpc) is 2.70. The van der Waals surface area contributed by atoms with Crippen molar-refractivity contribution in [1.82, 2.24) is 4.90 Å². The molecule has 8 heteroatoms. The Hall–Kier alpha value is -1.73. The summed E-state index contributed by atoms with van der Waals surface area (Å²) in [4.78, 5) is 14.1. The van der Waals surface area contributed by atoms with E-state index in [-0.39, 0.29) is 43.8 Å². The van der Waals surface area contributed by atoms with Crippen LogP contribution in [0.25, 0.3) is 0 Å². The summed E-state index contributed by atoms with van der Waals surface area (Å²) in [6.07, 6.45) is -0.677. The Morgan fingerprint density at radius 3 is 2.66 bits per heavy atom. The molecule has 1 atom stereocenters. The molecule has 0 saturated carbocycles. The molecule has 1 amide bonds. The van der Waals surface area contributed by atoms with E-state index in [0.717, 1.165) is 0 Å². The molecule has 2 aromatic rings. The third-order valence-corrected chi connectivity index (χ3v) is 5.52. The lowest BCUT2D eigenvalue weighted by atomic mass is 10.1. The molecule has 1 unspecified atom stereocenters. The summed E-state index contributed by atoms with van der Waals surface area (Å²) < 4.78 is 39.4. The van der Waals surface area contributed by atoms with Crippen LogP contribution in [0.1, 0.15) is 16.7 Å². The normalized spacial score (nSPS) is 16.9. The van der Waals surface area contributed by atoms with Gasteiger partial charge in [-0.15, -0.1) is 0 Å². The van der Waals surface area contributed by atoms with Crippen LogP contribution in [0.3, 0.4) is 0 Å². The second kappa shape index (κ2) is 9.85. The number of aryl methyl sites for hydroxylation is 1. The zero-order valence-electron chi connectivity index (χ0n) is 15.9. The summed E-state index contributed by atoms with van der Waals surface area (Å²) in [7, 11) is 0. The first-order chi connectivity index (χ1) is 13.9. The summed E-state index contributed by atoms with van der Waals surface area (Å²) in [5, 5.41) is 1.03. The zero-order valence-corrected chi connectivity index (χ0v) is 17.4. The van der Waals surface area contributed by atoms with Gasteiger partial charge >= 0.3 is 0 Å². The van der Waals surface area contributed by atoms with E-state index in [1.807, 2.05) is 0 Å². The largest absolute Gasteiger partial charge is 0.374 e. The first-order valence-electron chi connectivity index (χ1n) is 9.20. The molecule has 0 aliphatic carbocycles. The highest BCUT2D eigenvalue weighted by molar-refractivity contribution is 6.35. The van der Waals surface area contributed by atoms with E-state index in [0.29, 0.717) is 34.3 Å². The number of carbonyl (C=O) groups excluding carboxylic acids is 1. The Balaban J connectivity index is 1.55. The summed E-state index contributed by atoms with van der Waals surface area (Å²) >= 11 is 12.2. The van der Waals surface area contributed by atoms with Crippen molar-refractivity contribution >= 4 is 29.1 Å². The molecule has 2 aromatic carbocycles. The van der Waals surface area contributed by atoms with Crippen LogP contribution < -0.4 is 0 Å². The SMILES string of the molecule is Cc1ccc(F)c(CC(=O)N2CCOC(COCc3c(Cl)cccc3Cl)C2)c1F. The zero-order chi connectivity index (χ0) is 21.0. The van der Waals surface area contributed by atoms with Crippen molar-refractivity contribution in [3.8, 4) is 0 Å². The van der Waals surface area contributed by atoms with Crippen molar-refractivity contribution < 1.29 is 23.0 Å². The maximum absolute atomic E-state index is 14.2. The summed E-state index contributed by atoms with van der Waals surface area (Å²) in [6, 6.07) is 7.74. The van der Waals surface area contributed by atoms with Crippen molar-refractivity contribution in [2.75, 3.05) is 26.3 Å². The minimum absolute atomic E-state index is 0.206. The van der Waals surface area contributed by atoms with Crippen LogP contribution in [-0.2, 0) is 27.3 Å². The number of carbonyl (C=O) groups is 1. The first kappa shape index (κ1) is 22.0. The summed E-state index contributed by atoms with van der Waals surface area (Å²) in [5.74, 6) is -1.75. The van der Waals surface area contributed by atoms with Gasteiger partial charge < -0.3 is 14.4 Å². The van der Waals surface area contributed by atoms with E-state index in [1.54, 1.807) is 23.1 Å². The molecule has 0 bridgehead atoms. The van der Waals surface area contributed by atoms with Crippen molar-refractivity contribution in [2.45, 2.75) is 26.1 Å². The van der Waals surface area contributed by atoms with Crippen LogP contribution in [0.4, 0.5) is 8.78 Å². The second-order valence-electron chi connectivity index (χ2n) is 6.88. The van der Waals surface area contributed by atoms with Crippen LogP contribution in [-0.4, -0.2) is 43.2 Å². The number of hydrogen-bond acceptors (Lipinski definition) is 3. The highest BCUT2D eigenvalue weighted by Gasteiger charge is 2.26. The Labute approximate surface area is 178 Å². The molecule has 1 heterocycles. The number of rotatable bonds is 6. The van der Waals surface area contributed by atoms with E-state index < -0.39 is 11.6 Å². The third kappa shape index (κ3) is 5.45. The fraction of sp³-hybridized carbons (Fsp3) is 0.381. The van der Waals surface area contributed by atoms with Gasteiger partial charge in [0, 0.05) is 34.3 Å². The molecule has 156 valence electrons. The van der Waals surface area contributed by atoms with Gasteiger partial charge in [0.2, 0.25) is 5.91 Å². The molecule has 1 fully saturated rings. The van der Waals surface area contributed by atoms with Gasteiger partial charge in [-0.05, 0) is 30.7 Å². The molecule has 1 aliphatic heterocycles. The lowest BCUT2D eigenvalue weighted by Gasteiger charge is -2.33. The molecular formula is C21H21Cl2F2NO3. The van der Waals surface area contributed by atoms with E-state index >= 15 is 0 Å². The minimum atomic E-state index is -0.716. The van der Waals surface area contributed by atoms with Crippen LogP contribution in [0.2, 0.25) is 10.0 Å². The third-order valence-electron chi connectivity index (χ3n) is 4.81. The summed E-state index contributed by atoms with van der Waals surface area (Å²) in [5.41, 5.74) is 0.785. The van der Waals surface area contributed by atoms with Crippen molar-refractivity contribution in [3.63, 3.8) is 0 Å². The average molecular weight is 444 g/mol. The van der Waals surface area contributed by atoms with E-state index in [9.17, 15) is 13.6 Å². The Morgan fingerprint density at radius 1 is 1.21 bits per heavy atom. The molecule has 1 aliphatic rings. The first-order valence-corrected chi connectivity index (χ1v) is 9.96. The molecule has 0 spiro atoms. The Bertz CT molecular complexity index is 874. The molecule has 29 heavy (non-hydrogen) atoms. The topological polar surface area (TPSA) is 38.8 Å². The van der Waals surface area contributed by atoms with Gasteiger partial charge in [0.25, 0.3) is 0 Å². The Morgan fingerprint density at radius 2 is 1.93 bits per heavy atom. The van der Waals surface area contributed by atoms with Crippen molar-refractivity contribution in [2.24, 2.45) is 0 Å². The molecule has 0 aromatic heterocycles. The molecule has 3 rings (SSSR count). The maximum atomic E-state index is 14.2. The standard InChI is InChI=1S/C21H21Cl2F2NO3/c1-13-5-6-19(24)15(21(13)25)9-20(27)26-7-8-29-14(10-26)11-28-12-16-17(22)3-2-4-18(16)23/h2-6,14H,7-12H2,1H3. The number of ether oxygens (including phenoxy) is 2. The van der Waals surface area contributed by atoms with Crippen LogP contribution in [0.5, 0.6) is 0 Å². The maximum Gasteiger partial charge on any atom is 0.227 e. The van der Waals surface area contributed by atoms with Crippen LogP contribution in [0.15, 0.2) is 30.3 Å². The van der Waals surface area contributed by atoms with Crippen molar-refractivity contribution in [3.05, 3.63) is 68.7 Å². The number of benzene rings is 2. The minimum Gasteiger partial charge on any atom is -0.374 e. The Kier molecular flexibility index (Phi) is 7.46. The number of amides is 1. The van der Waals surface area contributed by atoms with Gasteiger partial charge in [0.15, 0.2) is 0 Å². The molecule has 4 nitrogen and oxygen atoms in total. The van der Waals surface area contributed by atoms with Gasteiger partial charge in [0.05, 0.1) is 32.3 Å². The number of morpholine rings is 1. The molecule has 0 radical (unpaired) electrons. The van der Waals surface area contributed by atoms with Crippen molar-refractivity contribution in [1.29, 1.82) is 0 Å². The van der Waals surface area contributed by atoms with E-state index in [1.165, 1.54) is 19.1 Å². The number of halogens is 4. The monoisotopic (exact) mass is 443 g/mol. The van der Waals surface area contributed by atoms with Gasteiger partial charge in [-0.3, -0.25) is 4.79 Å². The molecule has 1 saturated heterocycles. The highest BCUT2D eigenvalue weighted by Crippen LogP contribution is 2.25. The molecular weight excluding hydrogens is 423 g/mol. The van der Waals surface area contributed by atoms with E-state index in [4.69, 9.17) is 32.7 Å². The van der Waals surface area contributed by atoms with Crippen LogP contribution in [0, 0.1) is 18.6 Å². The van der Waals surface area contributed by atoms with E-state index in [2.05, 4.69) is 0 Å². The van der Waals surface area contributed by atoms with Gasteiger partial charge in [-0.25, -0.2) is 8.78 Å². The number of nitrogens with zero attached hydrogens (tertiary/aromatic N) is 1. The van der Waals surface area contributed by atoms with Crippen LogP contribution >= 0.6 is 23.2 Å². The second-order valence-corrected chi connectivity index (χ2v) is 7.70. The summed E-state index contributed by atoms with van der Waals surface area (Å²) in [6.45, 7) is 2.96. The predicted octanol–water partition coefficient (Wildman–Crippen LogP) is 4.57. The molecule has 0 N–H and O–H groups in total. The van der Waals surface area contributed by atoms with Gasteiger partial charge in [-0.2, -0.15) is 0 Å². The van der Waals surface area contributed by atoms with Gasteiger partial charge in [0.1, 0.15) is 11.6 Å². The number of hydrogen-bond donors (Lipinski definition) is 0.